The van der Waals surface area contributed by atoms with Gasteiger partial charge in [0.05, 0.1) is 0 Å². The Hall–Kier alpha value is -1.97. The van der Waals surface area contributed by atoms with Crippen LogP contribution in [0.5, 0.6) is 11.5 Å². The Morgan fingerprint density at radius 3 is 2.42 bits per heavy atom. The molecule has 0 heterocycles. The van der Waals surface area contributed by atoms with Crippen molar-refractivity contribution in [3.8, 4) is 11.5 Å². The molecular formula is C22H34O4. The highest BCUT2D eigenvalue weighted by Gasteiger charge is 2.22. The summed E-state index contributed by atoms with van der Waals surface area (Å²) < 4.78 is 0. The average Bonchev–Trinajstić information content (AvgIpc) is 2.53. The Bertz CT molecular complexity index is 628. The minimum absolute atomic E-state index is 0.00972. The van der Waals surface area contributed by atoms with E-state index in [1.807, 2.05) is 0 Å². The maximum atomic E-state index is 11.6. The maximum Gasteiger partial charge on any atom is 0.339 e. The molecule has 0 fully saturated rings. The minimum Gasteiger partial charge on any atom is -0.508 e. The second kappa shape index (κ2) is 10.9. The molecule has 0 radical (unpaired) electrons. The van der Waals surface area contributed by atoms with Crippen LogP contribution in [-0.2, 0) is 12.8 Å². The third-order valence-electron chi connectivity index (χ3n) is 4.83. The van der Waals surface area contributed by atoms with E-state index in [2.05, 4.69) is 33.8 Å². The first-order chi connectivity index (χ1) is 12.3. The number of rotatable bonds is 11. The summed E-state index contributed by atoms with van der Waals surface area (Å²) >= 11 is 0. The summed E-state index contributed by atoms with van der Waals surface area (Å²) in [5, 5.41) is 30.3. The number of carboxylic acids is 1. The van der Waals surface area contributed by atoms with E-state index in [-0.39, 0.29) is 17.1 Å². The molecule has 0 saturated carbocycles. The van der Waals surface area contributed by atoms with Crippen molar-refractivity contribution in [2.24, 2.45) is 5.92 Å². The molecule has 4 nitrogen and oxygen atoms in total. The Labute approximate surface area is 157 Å². The lowest BCUT2D eigenvalue weighted by Crippen LogP contribution is -2.07. The van der Waals surface area contributed by atoms with Crippen LogP contribution in [0.15, 0.2) is 17.7 Å². The van der Waals surface area contributed by atoms with Gasteiger partial charge in [-0.05, 0) is 69.9 Å². The van der Waals surface area contributed by atoms with Crippen LogP contribution >= 0.6 is 0 Å². The predicted molar refractivity (Wildman–Crippen MR) is 106 cm³/mol. The molecule has 1 unspecified atom stereocenters. The number of carboxylic acid groups (broad SMARTS) is 1. The monoisotopic (exact) mass is 362 g/mol. The van der Waals surface area contributed by atoms with Crippen molar-refractivity contribution in [1.29, 1.82) is 0 Å². The summed E-state index contributed by atoms with van der Waals surface area (Å²) in [4.78, 5) is 11.6. The van der Waals surface area contributed by atoms with Crippen LogP contribution in [0.4, 0.5) is 0 Å². The van der Waals surface area contributed by atoms with Gasteiger partial charge in [-0.3, -0.25) is 0 Å². The van der Waals surface area contributed by atoms with Crippen LogP contribution in [-0.4, -0.2) is 21.3 Å². The molecule has 0 saturated heterocycles. The summed E-state index contributed by atoms with van der Waals surface area (Å²) in [6, 6.07) is 1.53. The topological polar surface area (TPSA) is 77.8 Å². The van der Waals surface area contributed by atoms with Gasteiger partial charge in [-0.15, -0.1) is 0 Å². The molecule has 146 valence electrons. The van der Waals surface area contributed by atoms with E-state index >= 15 is 0 Å². The van der Waals surface area contributed by atoms with Crippen molar-refractivity contribution in [2.75, 3.05) is 0 Å². The molecule has 4 heteroatoms. The van der Waals surface area contributed by atoms with Gasteiger partial charge in [-0.2, -0.15) is 0 Å². The lowest BCUT2D eigenvalue weighted by Gasteiger charge is -2.16. The van der Waals surface area contributed by atoms with E-state index in [1.54, 1.807) is 0 Å². The lowest BCUT2D eigenvalue weighted by atomic mass is 9.91. The van der Waals surface area contributed by atoms with Gasteiger partial charge in [0, 0.05) is 5.56 Å². The van der Waals surface area contributed by atoms with Crippen LogP contribution in [0, 0.1) is 5.92 Å². The summed E-state index contributed by atoms with van der Waals surface area (Å²) in [5.41, 5.74) is 2.13. The Kier molecular flexibility index (Phi) is 9.25. The number of aryl methyl sites for hydroxylation is 1. The van der Waals surface area contributed by atoms with Crippen molar-refractivity contribution >= 4 is 5.97 Å². The van der Waals surface area contributed by atoms with Gasteiger partial charge in [0.2, 0.25) is 0 Å². The molecule has 1 rings (SSSR count). The highest BCUT2D eigenvalue weighted by Crippen LogP contribution is 2.36. The normalized spacial score (nSPS) is 12.0. The molecule has 0 aromatic heterocycles. The van der Waals surface area contributed by atoms with Gasteiger partial charge in [0.15, 0.2) is 0 Å². The Morgan fingerprint density at radius 1 is 1.15 bits per heavy atom. The van der Waals surface area contributed by atoms with Crippen molar-refractivity contribution in [3.63, 3.8) is 0 Å². The number of allylic oxidation sites excluding steroid dienone is 2. The van der Waals surface area contributed by atoms with Gasteiger partial charge in [-0.25, -0.2) is 4.79 Å². The molecule has 0 bridgehead atoms. The van der Waals surface area contributed by atoms with Crippen LogP contribution in [0.2, 0.25) is 0 Å². The zero-order chi connectivity index (χ0) is 19.7. The SMILES string of the molecule is CCCCCc1cc(O)c(CCC(C)CCC=C(C)C)c(O)c1C(=O)O. The van der Waals surface area contributed by atoms with Gasteiger partial charge in [0.1, 0.15) is 17.1 Å². The lowest BCUT2D eigenvalue weighted by molar-refractivity contribution is 0.0692. The fraction of sp³-hybridized carbons (Fsp3) is 0.591. The fourth-order valence-electron chi connectivity index (χ4n) is 3.19. The molecule has 1 aromatic rings. The van der Waals surface area contributed by atoms with Crippen LogP contribution < -0.4 is 0 Å². The van der Waals surface area contributed by atoms with E-state index in [1.165, 1.54) is 11.6 Å². The summed E-state index contributed by atoms with van der Waals surface area (Å²) in [6.45, 7) is 8.38. The molecule has 1 atom stereocenters. The number of benzene rings is 1. The fourth-order valence-corrected chi connectivity index (χ4v) is 3.19. The van der Waals surface area contributed by atoms with Crippen LogP contribution in [0.1, 0.15) is 87.7 Å². The van der Waals surface area contributed by atoms with E-state index in [9.17, 15) is 20.1 Å². The first-order valence-corrected chi connectivity index (χ1v) is 9.71. The van der Waals surface area contributed by atoms with E-state index in [0.29, 0.717) is 29.9 Å². The molecule has 0 aliphatic rings. The zero-order valence-electron chi connectivity index (χ0n) is 16.6. The Morgan fingerprint density at radius 2 is 1.85 bits per heavy atom. The number of hydrogen-bond donors (Lipinski definition) is 3. The van der Waals surface area contributed by atoms with E-state index < -0.39 is 5.97 Å². The molecule has 0 amide bonds. The van der Waals surface area contributed by atoms with Crippen molar-refractivity contribution in [1.82, 2.24) is 0 Å². The van der Waals surface area contributed by atoms with E-state index in [0.717, 1.165) is 38.5 Å². The summed E-state index contributed by atoms with van der Waals surface area (Å²) in [7, 11) is 0. The first-order valence-electron chi connectivity index (χ1n) is 9.71. The van der Waals surface area contributed by atoms with Crippen LogP contribution in [0.25, 0.3) is 0 Å². The summed E-state index contributed by atoms with van der Waals surface area (Å²) in [6.07, 6.45) is 8.95. The highest BCUT2D eigenvalue weighted by molar-refractivity contribution is 5.93. The van der Waals surface area contributed by atoms with Gasteiger partial charge in [0.25, 0.3) is 0 Å². The first kappa shape index (κ1) is 22.1. The van der Waals surface area contributed by atoms with Gasteiger partial charge in [-0.1, -0.05) is 38.3 Å². The molecule has 26 heavy (non-hydrogen) atoms. The van der Waals surface area contributed by atoms with Crippen LogP contribution in [0.3, 0.4) is 0 Å². The van der Waals surface area contributed by atoms with E-state index in [4.69, 9.17) is 0 Å². The number of carbonyl (C=O) groups is 1. The maximum absolute atomic E-state index is 11.6. The largest absolute Gasteiger partial charge is 0.508 e. The minimum atomic E-state index is -1.13. The number of aromatic hydroxyl groups is 2. The van der Waals surface area contributed by atoms with Crippen molar-refractivity contribution in [3.05, 3.63) is 34.4 Å². The van der Waals surface area contributed by atoms with Gasteiger partial charge < -0.3 is 15.3 Å². The van der Waals surface area contributed by atoms with Gasteiger partial charge >= 0.3 is 5.97 Å². The molecule has 0 spiro atoms. The summed E-state index contributed by atoms with van der Waals surface area (Å²) in [5.74, 6) is -0.954. The highest BCUT2D eigenvalue weighted by atomic mass is 16.4. The number of phenolic OH excluding ortho intramolecular Hbond substituents is 1. The number of aromatic carboxylic acids is 1. The molecular weight excluding hydrogens is 328 g/mol. The molecule has 1 aromatic carbocycles. The number of phenols is 2. The predicted octanol–water partition coefficient (Wildman–Crippen LogP) is 5.84. The Balaban J connectivity index is 2.90. The third kappa shape index (κ3) is 6.74. The third-order valence-corrected chi connectivity index (χ3v) is 4.83. The smallest absolute Gasteiger partial charge is 0.339 e. The molecule has 0 aliphatic carbocycles. The standard InChI is InChI=1S/C22H34O4/c1-5-6-7-11-17-14-19(23)18(21(24)20(17)22(25)26)13-12-16(4)10-8-9-15(2)3/h9,14,16,23-24H,5-8,10-13H2,1-4H3,(H,25,26). The van der Waals surface area contributed by atoms with Crippen molar-refractivity contribution < 1.29 is 20.1 Å². The second-order valence-corrected chi connectivity index (χ2v) is 7.52. The average molecular weight is 363 g/mol. The molecule has 3 N–H and O–H groups in total. The molecule has 0 aliphatic heterocycles. The quantitative estimate of drug-likeness (QED) is 0.341. The number of unbranched alkanes of at least 4 members (excludes halogenated alkanes) is 2. The zero-order valence-corrected chi connectivity index (χ0v) is 16.6. The van der Waals surface area contributed by atoms with Crippen molar-refractivity contribution in [2.45, 2.75) is 79.1 Å². The second-order valence-electron chi connectivity index (χ2n) is 7.52. The number of hydrogen-bond acceptors (Lipinski definition) is 3.